The number of hydrogen-bond acceptors (Lipinski definition) is 3. The van der Waals surface area contributed by atoms with Crippen molar-refractivity contribution in [2.45, 2.75) is 52.1 Å². The fourth-order valence-corrected chi connectivity index (χ4v) is 3.27. The summed E-state index contributed by atoms with van der Waals surface area (Å²) in [6.07, 6.45) is 6.22. The van der Waals surface area contributed by atoms with Gasteiger partial charge in [0.05, 0.1) is 6.54 Å². The Morgan fingerprint density at radius 3 is 2.58 bits per heavy atom. The maximum Gasteiger partial charge on any atom is 0.188 e. The number of hydrogen-bond donors (Lipinski definition) is 2. The van der Waals surface area contributed by atoms with Gasteiger partial charge >= 0.3 is 0 Å². The first kappa shape index (κ1) is 20.7. The van der Waals surface area contributed by atoms with Crippen LogP contribution in [0.4, 0.5) is 0 Å². The lowest BCUT2D eigenvalue weighted by molar-refractivity contribution is 0.269. The number of likely N-dealkylation sites (N-methyl/N-ethyl adjacent to an activating group) is 1. The highest BCUT2D eigenvalue weighted by molar-refractivity contribution is 5.77. The lowest BCUT2D eigenvalue weighted by Crippen LogP contribution is -2.32. The van der Waals surface area contributed by atoms with E-state index < -0.39 is 0 Å². The minimum absolute atomic E-state index is 0.555. The molecule has 1 aliphatic rings. The number of guanidine groups is 1. The zero-order valence-electron chi connectivity index (χ0n) is 16.7. The average molecular weight is 360 g/mol. The molecule has 0 saturated carbocycles. The van der Waals surface area contributed by atoms with Gasteiger partial charge < -0.3 is 16.0 Å². The lowest BCUT2D eigenvalue weighted by atomic mass is 10.1. The maximum atomic E-state index is 5.94. The topological polar surface area (TPSA) is 56.9 Å². The van der Waals surface area contributed by atoms with Gasteiger partial charge in [-0.05, 0) is 44.1 Å². The van der Waals surface area contributed by atoms with Gasteiger partial charge in [-0.3, -0.25) is 4.90 Å². The predicted molar refractivity (Wildman–Crippen MR) is 111 cm³/mol. The smallest absolute Gasteiger partial charge is 0.188 e. The van der Waals surface area contributed by atoms with Crippen molar-refractivity contribution >= 4 is 5.96 Å². The Bertz CT molecular complexity index is 526. The summed E-state index contributed by atoms with van der Waals surface area (Å²) in [5, 5.41) is 3.20. The number of aliphatic imine (C=N–C) groups is 1. The first-order valence-corrected chi connectivity index (χ1v) is 10.2. The van der Waals surface area contributed by atoms with Crippen molar-refractivity contribution in [3.05, 3.63) is 35.4 Å². The van der Waals surface area contributed by atoms with Crippen LogP contribution in [-0.2, 0) is 13.1 Å². The summed E-state index contributed by atoms with van der Waals surface area (Å²) in [6.45, 7) is 9.54. The van der Waals surface area contributed by atoms with E-state index in [4.69, 9.17) is 5.73 Å². The highest BCUT2D eigenvalue weighted by Crippen LogP contribution is 2.10. The van der Waals surface area contributed by atoms with Gasteiger partial charge in [0.2, 0.25) is 0 Å². The van der Waals surface area contributed by atoms with Gasteiger partial charge in [-0.2, -0.15) is 0 Å². The minimum atomic E-state index is 0.555. The molecular weight excluding hydrogens is 322 g/mol. The second-order valence-corrected chi connectivity index (χ2v) is 7.44. The fourth-order valence-electron chi connectivity index (χ4n) is 3.27. The van der Waals surface area contributed by atoms with E-state index in [0.717, 1.165) is 32.6 Å². The van der Waals surface area contributed by atoms with Crippen molar-refractivity contribution in [2.75, 3.05) is 39.8 Å². The summed E-state index contributed by atoms with van der Waals surface area (Å²) < 4.78 is 0. The number of rotatable bonds is 9. The third kappa shape index (κ3) is 8.19. The molecule has 1 heterocycles. The van der Waals surface area contributed by atoms with Gasteiger partial charge in [0.15, 0.2) is 5.96 Å². The first-order valence-electron chi connectivity index (χ1n) is 10.2. The van der Waals surface area contributed by atoms with Crippen LogP contribution in [0.5, 0.6) is 0 Å². The molecule has 0 bridgehead atoms. The van der Waals surface area contributed by atoms with Crippen LogP contribution in [0.3, 0.4) is 0 Å². The van der Waals surface area contributed by atoms with Crippen LogP contribution in [0.25, 0.3) is 0 Å². The standard InChI is InChI=1S/C21H37N5/c1-3-4-5-6-12-23-21(22)24-17-19-8-10-20(11-9-19)18-26-14-7-13-25(2)15-16-26/h8-11H,3-7,12-18H2,1-2H3,(H3,22,23,24). The van der Waals surface area contributed by atoms with E-state index in [-0.39, 0.29) is 0 Å². The third-order valence-corrected chi connectivity index (χ3v) is 5.01. The Balaban J connectivity index is 1.72. The van der Waals surface area contributed by atoms with Crippen LogP contribution in [0, 0.1) is 0 Å². The van der Waals surface area contributed by atoms with Crippen molar-refractivity contribution in [1.29, 1.82) is 0 Å². The molecular formula is C21H37N5. The molecule has 0 spiro atoms. The van der Waals surface area contributed by atoms with Crippen molar-refractivity contribution in [3.8, 4) is 0 Å². The molecule has 1 aromatic rings. The van der Waals surface area contributed by atoms with E-state index in [2.05, 4.69) is 58.3 Å². The molecule has 146 valence electrons. The van der Waals surface area contributed by atoms with E-state index in [9.17, 15) is 0 Å². The van der Waals surface area contributed by atoms with Crippen LogP contribution in [0.1, 0.15) is 50.2 Å². The van der Waals surface area contributed by atoms with Crippen molar-refractivity contribution in [3.63, 3.8) is 0 Å². The van der Waals surface area contributed by atoms with Crippen molar-refractivity contribution in [2.24, 2.45) is 10.7 Å². The van der Waals surface area contributed by atoms with Gasteiger partial charge in [-0.1, -0.05) is 50.5 Å². The quantitative estimate of drug-likeness (QED) is 0.404. The molecule has 0 radical (unpaired) electrons. The molecule has 0 aromatic heterocycles. The maximum absolute atomic E-state index is 5.94. The molecule has 0 amide bonds. The summed E-state index contributed by atoms with van der Waals surface area (Å²) >= 11 is 0. The zero-order valence-corrected chi connectivity index (χ0v) is 16.7. The minimum Gasteiger partial charge on any atom is -0.370 e. The van der Waals surface area contributed by atoms with Gasteiger partial charge in [0, 0.05) is 26.2 Å². The van der Waals surface area contributed by atoms with E-state index in [0.29, 0.717) is 12.5 Å². The van der Waals surface area contributed by atoms with E-state index in [1.54, 1.807) is 0 Å². The summed E-state index contributed by atoms with van der Waals surface area (Å²) in [7, 11) is 2.21. The second kappa shape index (κ2) is 11.9. The Kier molecular flexibility index (Phi) is 9.50. The van der Waals surface area contributed by atoms with E-state index in [1.165, 1.54) is 49.9 Å². The molecule has 1 saturated heterocycles. The summed E-state index contributed by atoms with van der Waals surface area (Å²) in [4.78, 5) is 9.42. The molecule has 5 heteroatoms. The molecule has 0 atom stereocenters. The van der Waals surface area contributed by atoms with Crippen LogP contribution >= 0.6 is 0 Å². The highest BCUT2D eigenvalue weighted by Gasteiger charge is 2.12. The Morgan fingerprint density at radius 1 is 1.04 bits per heavy atom. The molecule has 1 aliphatic heterocycles. The SMILES string of the molecule is CCCCCCNC(N)=NCc1ccc(CN2CCCN(C)CC2)cc1. The number of nitrogens with two attached hydrogens (primary N) is 1. The molecule has 1 fully saturated rings. The Hall–Kier alpha value is -1.59. The number of nitrogens with one attached hydrogen (secondary N) is 1. The molecule has 1 aromatic carbocycles. The zero-order chi connectivity index (χ0) is 18.6. The Morgan fingerprint density at radius 2 is 1.81 bits per heavy atom. The number of nitrogens with zero attached hydrogens (tertiary/aromatic N) is 3. The third-order valence-electron chi connectivity index (χ3n) is 5.01. The second-order valence-electron chi connectivity index (χ2n) is 7.44. The predicted octanol–water partition coefficient (Wildman–Crippen LogP) is 2.81. The van der Waals surface area contributed by atoms with Crippen LogP contribution in [-0.4, -0.2) is 55.5 Å². The normalized spacial score (nSPS) is 17.2. The number of benzene rings is 1. The Labute approximate surface area is 159 Å². The molecule has 5 nitrogen and oxygen atoms in total. The summed E-state index contributed by atoms with van der Waals surface area (Å²) in [6, 6.07) is 8.82. The largest absolute Gasteiger partial charge is 0.370 e. The highest BCUT2D eigenvalue weighted by atomic mass is 15.2. The average Bonchev–Trinajstić information content (AvgIpc) is 2.85. The van der Waals surface area contributed by atoms with E-state index >= 15 is 0 Å². The van der Waals surface area contributed by atoms with Crippen LogP contribution in [0.2, 0.25) is 0 Å². The first-order chi connectivity index (χ1) is 12.7. The monoisotopic (exact) mass is 359 g/mol. The summed E-state index contributed by atoms with van der Waals surface area (Å²) in [5.41, 5.74) is 8.53. The van der Waals surface area contributed by atoms with Crippen molar-refractivity contribution in [1.82, 2.24) is 15.1 Å². The van der Waals surface area contributed by atoms with Gasteiger partial charge in [0.1, 0.15) is 0 Å². The molecule has 0 unspecified atom stereocenters. The summed E-state index contributed by atoms with van der Waals surface area (Å²) in [5.74, 6) is 0.555. The van der Waals surface area contributed by atoms with Gasteiger partial charge in [-0.15, -0.1) is 0 Å². The van der Waals surface area contributed by atoms with Crippen molar-refractivity contribution < 1.29 is 0 Å². The molecule has 26 heavy (non-hydrogen) atoms. The van der Waals surface area contributed by atoms with Gasteiger partial charge in [0.25, 0.3) is 0 Å². The van der Waals surface area contributed by atoms with Crippen LogP contribution in [0.15, 0.2) is 29.3 Å². The fraction of sp³-hybridized carbons (Fsp3) is 0.667. The number of unbranched alkanes of at least 4 members (excludes halogenated alkanes) is 3. The molecule has 3 N–H and O–H groups in total. The molecule has 2 rings (SSSR count). The van der Waals surface area contributed by atoms with Gasteiger partial charge in [-0.25, -0.2) is 4.99 Å². The molecule has 0 aliphatic carbocycles. The lowest BCUT2D eigenvalue weighted by Gasteiger charge is -2.20. The van der Waals surface area contributed by atoms with E-state index in [1.807, 2.05) is 0 Å². The van der Waals surface area contributed by atoms with Crippen LogP contribution < -0.4 is 11.1 Å².